The summed E-state index contributed by atoms with van der Waals surface area (Å²) in [6, 6.07) is 3.91. The molecule has 1 heterocycles. The third-order valence-electron chi connectivity index (χ3n) is 3.32. The Kier molecular flexibility index (Phi) is 5.83. The van der Waals surface area contributed by atoms with Gasteiger partial charge >= 0.3 is 12.4 Å². The lowest BCUT2D eigenvalue weighted by Crippen LogP contribution is -2.32. The zero-order chi connectivity index (χ0) is 19.5. The highest BCUT2D eigenvalue weighted by atomic mass is 32.2. The number of benzene rings is 1. The molecule has 138 valence electrons. The lowest BCUT2D eigenvalue weighted by Gasteiger charge is -2.29. The molecule has 1 atom stereocenters. The van der Waals surface area contributed by atoms with E-state index in [1.54, 1.807) is 0 Å². The van der Waals surface area contributed by atoms with Crippen LogP contribution in [0.3, 0.4) is 0 Å². The molecule has 0 aliphatic rings. The predicted octanol–water partition coefficient (Wildman–Crippen LogP) is 5.21. The lowest BCUT2D eigenvalue weighted by molar-refractivity contribution is -0.169. The molecule has 0 amide bonds. The Balaban J connectivity index is 2.31. The summed E-state index contributed by atoms with van der Waals surface area (Å²) in [5, 5.41) is 8.82. The van der Waals surface area contributed by atoms with Crippen molar-refractivity contribution in [3.05, 3.63) is 59.4 Å². The molecule has 0 aliphatic carbocycles. The van der Waals surface area contributed by atoms with Gasteiger partial charge in [-0.2, -0.15) is 31.6 Å². The maximum Gasteiger partial charge on any atom is 0.416 e. The molecular weight excluding hydrogens is 380 g/mol. The molecule has 0 unspecified atom stereocenters. The van der Waals surface area contributed by atoms with Crippen LogP contribution < -0.4 is 0 Å². The summed E-state index contributed by atoms with van der Waals surface area (Å²) in [4.78, 5) is 4.06. The van der Waals surface area contributed by atoms with Crippen LogP contribution in [0.5, 0.6) is 0 Å². The second-order valence-corrected chi connectivity index (χ2v) is 6.45. The molecule has 26 heavy (non-hydrogen) atoms. The van der Waals surface area contributed by atoms with E-state index < -0.39 is 24.0 Å². The van der Waals surface area contributed by atoms with Gasteiger partial charge in [0, 0.05) is 17.3 Å². The topological polar surface area (TPSA) is 39.9 Å². The summed E-state index contributed by atoms with van der Waals surface area (Å²) in [6.07, 6.45) is -6.79. The van der Waals surface area contributed by atoms with E-state index in [-0.39, 0.29) is 11.1 Å². The molecule has 10 heteroatoms. The first kappa shape index (κ1) is 20.1. The van der Waals surface area contributed by atoms with E-state index in [0.29, 0.717) is 29.0 Å². The Morgan fingerprint density at radius 1 is 1.08 bits per heavy atom. The SMILES string of the molecule is CN(Sc1cncc(C#N)c1)[C@H](c1ccc(C(F)(F)F)cc1)C(F)(F)F. The summed E-state index contributed by atoms with van der Waals surface area (Å²) >= 11 is 0.690. The fraction of sp³-hybridized carbons (Fsp3) is 0.250. The van der Waals surface area contributed by atoms with Crippen molar-refractivity contribution in [3.63, 3.8) is 0 Å². The molecule has 3 nitrogen and oxygen atoms in total. The summed E-state index contributed by atoms with van der Waals surface area (Å²) < 4.78 is 79.1. The van der Waals surface area contributed by atoms with Crippen molar-refractivity contribution in [1.29, 1.82) is 5.26 Å². The number of nitrogens with zero attached hydrogens (tertiary/aromatic N) is 3. The molecule has 0 spiro atoms. The van der Waals surface area contributed by atoms with E-state index in [1.165, 1.54) is 25.5 Å². The number of hydrogen-bond acceptors (Lipinski definition) is 4. The molecule has 1 aromatic heterocycles. The van der Waals surface area contributed by atoms with E-state index in [2.05, 4.69) is 4.98 Å². The van der Waals surface area contributed by atoms with E-state index in [0.717, 1.165) is 16.4 Å². The maximum absolute atomic E-state index is 13.5. The van der Waals surface area contributed by atoms with Crippen molar-refractivity contribution in [1.82, 2.24) is 9.29 Å². The van der Waals surface area contributed by atoms with Crippen LogP contribution in [0.1, 0.15) is 22.7 Å². The summed E-state index contributed by atoms with van der Waals surface area (Å²) in [5.74, 6) is 0. The zero-order valence-corrected chi connectivity index (χ0v) is 14.0. The van der Waals surface area contributed by atoms with Gasteiger partial charge in [0.15, 0.2) is 0 Å². The number of pyridine rings is 1. The van der Waals surface area contributed by atoms with Gasteiger partial charge in [-0.05, 0) is 42.8 Å². The normalized spacial score (nSPS) is 13.5. The van der Waals surface area contributed by atoms with Gasteiger partial charge in [-0.25, -0.2) is 4.31 Å². The van der Waals surface area contributed by atoms with Crippen molar-refractivity contribution >= 4 is 11.9 Å². The van der Waals surface area contributed by atoms with Gasteiger partial charge in [0.2, 0.25) is 0 Å². The molecule has 0 fully saturated rings. The standard InChI is InChI=1S/C16H11F6N3S/c1-25(26-13-6-10(7-23)8-24-9-13)14(16(20,21)22)11-2-4-12(5-3-11)15(17,18)19/h2-6,8-9,14H,1H3/t14-/m1/s1. The van der Waals surface area contributed by atoms with E-state index in [4.69, 9.17) is 5.26 Å². The largest absolute Gasteiger partial charge is 0.416 e. The van der Waals surface area contributed by atoms with Crippen LogP contribution in [-0.2, 0) is 6.18 Å². The summed E-state index contributed by atoms with van der Waals surface area (Å²) in [5.41, 5.74) is -1.17. The molecule has 0 aliphatic heterocycles. The number of hydrogen-bond donors (Lipinski definition) is 0. The fourth-order valence-electron chi connectivity index (χ4n) is 2.21. The first-order valence-corrected chi connectivity index (χ1v) is 7.79. The van der Waals surface area contributed by atoms with Crippen LogP contribution in [0.2, 0.25) is 0 Å². The average molecular weight is 391 g/mol. The van der Waals surface area contributed by atoms with Gasteiger partial charge in [0.25, 0.3) is 0 Å². The molecule has 0 N–H and O–H groups in total. The molecular formula is C16H11F6N3S. The van der Waals surface area contributed by atoms with Gasteiger partial charge in [-0.3, -0.25) is 4.98 Å². The van der Waals surface area contributed by atoms with Crippen molar-refractivity contribution < 1.29 is 26.3 Å². The van der Waals surface area contributed by atoms with Gasteiger partial charge in [0.05, 0.1) is 11.1 Å². The van der Waals surface area contributed by atoms with Crippen LogP contribution in [0.15, 0.2) is 47.6 Å². The number of aromatic nitrogens is 1. The van der Waals surface area contributed by atoms with Gasteiger partial charge < -0.3 is 0 Å². The van der Waals surface area contributed by atoms with Crippen LogP contribution in [0.4, 0.5) is 26.3 Å². The second-order valence-electron chi connectivity index (χ2n) is 5.22. The smallest absolute Gasteiger partial charge is 0.262 e. The van der Waals surface area contributed by atoms with E-state index >= 15 is 0 Å². The highest BCUT2D eigenvalue weighted by Crippen LogP contribution is 2.42. The molecule has 2 aromatic rings. The van der Waals surface area contributed by atoms with Crippen LogP contribution >= 0.6 is 11.9 Å². The Morgan fingerprint density at radius 2 is 1.69 bits per heavy atom. The lowest BCUT2D eigenvalue weighted by atomic mass is 10.0. The van der Waals surface area contributed by atoms with Crippen molar-refractivity contribution in [2.75, 3.05) is 7.05 Å². The Bertz CT molecular complexity index is 795. The van der Waals surface area contributed by atoms with Gasteiger partial charge in [-0.15, -0.1) is 0 Å². The minimum atomic E-state index is -4.72. The highest BCUT2D eigenvalue weighted by Gasteiger charge is 2.44. The quantitative estimate of drug-likeness (QED) is 0.530. The first-order valence-electron chi connectivity index (χ1n) is 7.02. The Labute approximate surface area is 149 Å². The monoisotopic (exact) mass is 391 g/mol. The van der Waals surface area contributed by atoms with Crippen molar-refractivity contribution in [2.24, 2.45) is 0 Å². The third-order valence-corrected chi connectivity index (χ3v) is 4.25. The Hall–Kier alpha value is -2.25. The van der Waals surface area contributed by atoms with Crippen LogP contribution in [0, 0.1) is 11.3 Å². The molecule has 0 saturated carbocycles. The molecule has 0 saturated heterocycles. The average Bonchev–Trinajstić information content (AvgIpc) is 2.53. The second kappa shape index (κ2) is 7.55. The fourth-order valence-corrected chi connectivity index (χ4v) is 3.18. The molecule has 0 bridgehead atoms. The van der Waals surface area contributed by atoms with E-state index in [9.17, 15) is 26.3 Å². The summed E-state index contributed by atoms with van der Waals surface area (Å²) in [7, 11) is 1.17. The van der Waals surface area contributed by atoms with Gasteiger partial charge in [0.1, 0.15) is 12.1 Å². The number of nitriles is 1. The minimum Gasteiger partial charge on any atom is -0.262 e. The maximum atomic E-state index is 13.5. The van der Waals surface area contributed by atoms with E-state index in [1.807, 2.05) is 6.07 Å². The highest BCUT2D eigenvalue weighted by molar-refractivity contribution is 7.97. The van der Waals surface area contributed by atoms with Crippen molar-refractivity contribution in [2.45, 2.75) is 23.3 Å². The zero-order valence-electron chi connectivity index (χ0n) is 13.1. The molecule has 1 aromatic carbocycles. The Morgan fingerprint density at radius 3 is 2.19 bits per heavy atom. The number of halogens is 6. The first-order chi connectivity index (χ1) is 12.0. The van der Waals surface area contributed by atoms with Crippen LogP contribution in [0.25, 0.3) is 0 Å². The number of rotatable bonds is 4. The predicted molar refractivity (Wildman–Crippen MR) is 82.8 cm³/mol. The third kappa shape index (κ3) is 4.89. The number of alkyl halides is 6. The van der Waals surface area contributed by atoms with Gasteiger partial charge in [-0.1, -0.05) is 12.1 Å². The molecule has 2 rings (SSSR count). The van der Waals surface area contributed by atoms with Crippen LogP contribution in [-0.4, -0.2) is 22.5 Å². The van der Waals surface area contributed by atoms with Crippen molar-refractivity contribution in [3.8, 4) is 6.07 Å². The molecule has 0 radical (unpaired) electrons. The summed E-state index contributed by atoms with van der Waals surface area (Å²) in [6.45, 7) is 0. The minimum absolute atomic E-state index is 0.182.